The van der Waals surface area contributed by atoms with Crippen molar-refractivity contribution in [3.63, 3.8) is 0 Å². The topological polar surface area (TPSA) is 29.5 Å². The van der Waals surface area contributed by atoms with Gasteiger partial charge >= 0.3 is 0 Å². The van der Waals surface area contributed by atoms with E-state index < -0.39 is 30.1 Å². The highest BCUT2D eigenvalue weighted by atomic mass is 19.2. The number of fused-ring (bicyclic) bond motifs is 1. The molecule has 2 aromatic rings. The quantitative estimate of drug-likeness (QED) is 0.561. The predicted octanol–water partition coefficient (Wildman–Crippen LogP) is 5.88. The summed E-state index contributed by atoms with van der Waals surface area (Å²) in [5.74, 6) is -5.76. The molecule has 6 heteroatoms. The van der Waals surface area contributed by atoms with Gasteiger partial charge in [0.2, 0.25) is 12.7 Å². The van der Waals surface area contributed by atoms with Crippen molar-refractivity contribution < 1.29 is 27.4 Å². The van der Waals surface area contributed by atoms with Gasteiger partial charge in [-0.1, -0.05) is 34.6 Å². The van der Waals surface area contributed by atoms with Crippen molar-refractivity contribution >= 4 is 10.8 Å². The van der Waals surface area contributed by atoms with Crippen molar-refractivity contribution in [2.45, 2.75) is 41.0 Å². The molecule has 0 saturated heterocycles. The second-order valence-corrected chi connectivity index (χ2v) is 3.91. The molecule has 1 N–H and O–H groups in total. The van der Waals surface area contributed by atoms with Crippen LogP contribution in [0.4, 0.5) is 17.6 Å². The van der Waals surface area contributed by atoms with Crippen molar-refractivity contribution in [3.05, 3.63) is 35.1 Å². The second kappa shape index (κ2) is 9.92. The van der Waals surface area contributed by atoms with Crippen LogP contribution in [0.25, 0.3) is 10.8 Å². The third-order valence-corrected chi connectivity index (χ3v) is 2.83. The molecular formula is C17H22F4O2. The van der Waals surface area contributed by atoms with Crippen molar-refractivity contribution in [1.82, 2.24) is 0 Å². The Bertz CT molecular complexity index is 643. The van der Waals surface area contributed by atoms with Crippen LogP contribution in [0.1, 0.15) is 40.2 Å². The van der Waals surface area contributed by atoms with Gasteiger partial charge in [0.1, 0.15) is 5.75 Å². The molecule has 0 aliphatic carbocycles. The van der Waals surface area contributed by atoms with Gasteiger partial charge < -0.3 is 9.84 Å². The maximum Gasteiger partial charge on any atom is 0.228 e. The van der Waals surface area contributed by atoms with Crippen LogP contribution in [0.3, 0.4) is 0 Å². The van der Waals surface area contributed by atoms with E-state index in [0.29, 0.717) is 12.0 Å². The molecular weight excluding hydrogens is 312 g/mol. The van der Waals surface area contributed by atoms with Crippen LogP contribution in [-0.4, -0.2) is 12.0 Å². The molecule has 0 aliphatic rings. The average molecular weight is 334 g/mol. The number of rotatable bonds is 3. The van der Waals surface area contributed by atoms with E-state index in [2.05, 4.69) is 4.74 Å². The second-order valence-electron chi connectivity index (χ2n) is 3.91. The van der Waals surface area contributed by atoms with Gasteiger partial charge in [-0.2, -0.15) is 4.39 Å². The van der Waals surface area contributed by atoms with Crippen LogP contribution in [0.5, 0.6) is 11.5 Å². The van der Waals surface area contributed by atoms with Crippen molar-refractivity contribution in [1.29, 1.82) is 0 Å². The Labute approximate surface area is 133 Å². The first-order valence-corrected chi connectivity index (χ1v) is 7.52. The number of phenolic OH excluding ortho intramolecular Hbond substituents is 1. The lowest BCUT2D eigenvalue weighted by molar-refractivity contribution is 0.184. The lowest BCUT2D eigenvalue weighted by atomic mass is 10.00. The van der Waals surface area contributed by atoms with Crippen LogP contribution in [0.15, 0.2) is 12.1 Å². The zero-order valence-electron chi connectivity index (χ0n) is 13.9. The molecule has 0 bridgehead atoms. The molecule has 130 valence electrons. The van der Waals surface area contributed by atoms with Gasteiger partial charge in [0.25, 0.3) is 0 Å². The van der Waals surface area contributed by atoms with Gasteiger partial charge in [0.15, 0.2) is 17.4 Å². The third-order valence-electron chi connectivity index (χ3n) is 2.83. The zero-order chi connectivity index (χ0) is 18.2. The molecule has 2 nitrogen and oxygen atoms in total. The highest BCUT2D eigenvalue weighted by Gasteiger charge is 2.23. The van der Waals surface area contributed by atoms with Gasteiger partial charge in [-0.25, -0.2) is 13.2 Å². The van der Waals surface area contributed by atoms with Gasteiger partial charge in [0, 0.05) is 10.8 Å². The summed E-state index contributed by atoms with van der Waals surface area (Å²) in [5, 5.41) is 9.03. The Balaban J connectivity index is 0.00000112. The average Bonchev–Trinajstić information content (AvgIpc) is 2.59. The van der Waals surface area contributed by atoms with Crippen molar-refractivity contribution in [3.8, 4) is 11.5 Å². The fraction of sp³-hybridized carbons (Fsp3) is 0.412. The van der Waals surface area contributed by atoms with Crippen LogP contribution < -0.4 is 4.74 Å². The first-order chi connectivity index (χ1) is 11.0. The van der Waals surface area contributed by atoms with Crippen LogP contribution in [-0.2, 0) is 6.42 Å². The molecule has 0 amide bonds. The van der Waals surface area contributed by atoms with Crippen LogP contribution in [0.2, 0.25) is 0 Å². The van der Waals surface area contributed by atoms with Gasteiger partial charge in [-0.15, -0.1) is 0 Å². The lowest BCUT2D eigenvalue weighted by Crippen LogP contribution is -2.02. The first-order valence-electron chi connectivity index (χ1n) is 7.52. The lowest BCUT2D eigenvalue weighted by Gasteiger charge is -2.13. The summed E-state index contributed by atoms with van der Waals surface area (Å²) in [5.41, 5.74) is 0.330. The number of phenols is 1. The highest BCUT2D eigenvalue weighted by molar-refractivity contribution is 5.93. The molecule has 0 aliphatic heterocycles. The van der Waals surface area contributed by atoms with E-state index >= 15 is 0 Å². The molecule has 0 heterocycles. The van der Waals surface area contributed by atoms with E-state index in [1.165, 1.54) is 6.07 Å². The van der Waals surface area contributed by atoms with Gasteiger partial charge in [-0.05, 0) is 24.1 Å². The highest BCUT2D eigenvalue weighted by Crippen LogP contribution is 2.38. The number of alkyl halides is 1. The van der Waals surface area contributed by atoms with Crippen LogP contribution in [0, 0.1) is 17.5 Å². The largest absolute Gasteiger partial charge is 0.508 e. The minimum Gasteiger partial charge on any atom is -0.508 e. The fourth-order valence-electron chi connectivity index (χ4n) is 2.02. The summed E-state index contributed by atoms with van der Waals surface area (Å²) in [6.45, 7) is 8.30. The molecule has 0 radical (unpaired) electrons. The smallest absolute Gasteiger partial charge is 0.228 e. The standard InChI is InChI=1S/C13H10F4O2.2C2H6/c1-2-6-3-7(18)4-8-9(6)13(19-5-14)12(17)11(16)10(8)15;2*1-2/h3-4,18H,2,5H2,1H3;2*1-2H3. The summed E-state index contributed by atoms with van der Waals surface area (Å²) < 4.78 is 57.4. The fourth-order valence-corrected chi connectivity index (χ4v) is 2.02. The van der Waals surface area contributed by atoms with E-state index in [1.807, 2.05) is 27.7 Å². The molecule has 2 aromatic carbocycles. The Kier molecular flexibility index (Phi) is 9.07. The van der Waals surface area contributed by atoms with E-state index in [-0.39, 0.29) is 16.5 Å². The molecule has 0 fully saturated rings. The minimum atomic E-state index is -1.76. The van der Waals surface area contributed by atoms with E-state index in [0.717, 1.165) is 6.07 Å². The molecule has 0 atom stereocenters. The molecule has 23 heavy (non-hydrogen) atoms. The number of aromatic hydroxyl groups is 1. The Morgan fingerprint density at radius 2 is 1.52 bits per heavy atom. The maximum atomic E-state index is 13.7. The minimum absolute atomic E-state index is 0.0747. The van der Waals surface area contributed by atoms with Gasteiger partial charge in [-0.3, -0.25) is 0 Å². The molecule has 0 spiro atoms. The predicted molar refractivity (Wildman–Crippen MR) is 84.2 cm³/mol. The summed E-state index contributed by atoms with van der Waals surface area (Å²) in [6, 6.07) is 2.21. The Morgan fingerprint density at radius 3 is 2.00 bits per heavy atom. The molecule has 0 aromatic heterocycles. The van der Waals surface area contributed by atoms with Crippen molar-refractivity contribution in [2.75, 3.05) is 6.86 Å². The van der Waals surface area contributed by atoms with Crippen LogP contribution >= 0.6 is 0 Å². The summed E-state index contributed by atoms with van der Waals surface area (Å²) >= 11 is 0. The number of ether oxygens (including phenoxy) is 1. The SMILES string of the molecule is CC.CC.CCc1cc(O)cc2c(F)c(F)c(F)c(OCF)c12. The van der Waals surface area contributed by atoms with Crippen molar-refractivity contribution in [2.24, 2.45) is 0 Å². The molecule has 2 rings (SSSR count). The van der Waals surface area contributed by atoms with E-state index in [4.69, 9.17) is 0 Å². The Hall–Kier alpha value is -1.98. The zero-order valence-corrected chi connectivity index (χ0v) is 13.9. The number of benzene rings is 2. The Morgan fingerprint density at radius 1 is 0.957 bits per heavy atom. The maximum absolute atomic E-state index is 13.7. The summed E-state index contributed by atoms with van der Waals surface area (Å²) in [7, 11) is 0. The van der Waals surface area contributed by atoms with E-state index in [1.54, 1.807) is 6.92 Å². The number of halogens is 4. The number of hydrogen-bond acceptors (Lipinski definition) is 2. The summed E-state index contributed by atoms with van der Waals surface area (Å²) in [6.07, 6.45) is 0.304. The monoisotopic (exact) mass is 334 g/mol. The third kappa shape index (κ3) is 4.27. The number of hydrogen-bond donors (Lipinski definition) is 1. The first kappa shape index (κ1) is 21.0. The van der Waals surface area contributed by atoms with Gasteiger partial charge in [0.05, 0.1) is 0 Å². The van der Waals surface area contributed by atoms with E-state index in [9.17, 15) is 22.7 Å². The molecule has 0 saturated carbocycles. The molecule has 0 unspecified atom stereocenters. The summed E-state index contributed by atoms with van der Waals surface area (Å²) in [4.78, 5) is 0. The number of aryl methyl sites for hydroxylation is 1. The normalized spacial score (nSPS) is 9.61.